The van der Waals surface area contributed by atoms with Crippen LogP contribution in [0.5, 0.6) is 0 Å². The Labute approximate surface area is 220 Å². The minimum atomic E-state index is -3.54. The molecule has 36 heavy (non-hydrogen) atoms. The van der Waals surface area contributed by atoms with Crippen molar-refractivity contribution in [2.24, 2.45) is 0 Å². The van der Waals surface area contributed by atoms with Gasteiger partial charge in [-0.05, 0) is 88.9 Å². The summed E-state index contributed by atoms with van der Waals surface area (Å²) in [5.41, 5.74) is 2.90. The van der Waals surface area contributed by atoms with E-state index in [4.69, 9.17) is 11.6 Å². The number of carbonyl (C=O) groups excluding carboxylic acids is 2. The van der Waals surface area contributed by atoms with Crippen LogP contribution in [0.25, 0.3) is 0 Å². The van der Waals surface area contributed by atoms with E-state index in [1.165, 1.54) is 9.21 Å². The Balaban J connectivity index is 2.21. The maximum absolute atomic E-state index is 13.4. The van der Waals surface area contributed by atoms with Crippen molar-refractivity contribution in [2.45, 2.75) is 72.5 Å². The van der Waals surface area contributed by atoms with E-state index in [2.05, 4.69) is 5.32 Å². The van der Waals surface area contributed by atoms with Gasteiger partial charge in [-0.15, -0.1) is 0 Å². The van der Waals surface area contributed by atoms with Gasteiger partial charge in [0.2, 0.25) is 21.8 Å². The molecule has 0 saturated heterocycles. The average Bonchev–Trinajstić information content (AvgIpc) is 2.72. The Morgan fingerprint density at radius 1 is 1.03 bits per heavy atom. The summed E-state index contributed by atoms with van der Waals surface area (Å²) < 4.78 is 26.4. The van der Waals surface area contributed by atoms with Gasteiger partial charge in [-0.1, -0.05) is 29.8 Å². The third-order valence-corrected chi connectivity index (χ3v) is 7.02. The molecule has 0 heterocycles. The molecule has 9 heteroatoms. The molecule has 0 saturated carbocycles. The SMILES string of the molecule is Cc1cc(C)cc(N(CCCC(=O)N(Cc2ccc(Cl)cc2)[C@H](C)C(=O)NC(C)(C)C)S(C)(=O)=O)c1. The molecule has 0 aliphatic heterocycles. The van der Waals surface area contributed by atoms with Gasteiger partial charge < -0.3 is 10.2 Å². The van der Waals surface area contributed by atoms with Crippen molar-refractivity contribution < 1.29 is 18.0 Å². The molecule has 1 N–H and O–H groups in total. The molecule has 2 aromatic carbocycles. The van der Waals surface area contributed by atoms with Crippen molar-refractivity contribution in [1.82, 2.24) is 10.2 Å². The summed E-state index contributed by atoms with van der Waals surface area (Å²) in [6.07, 6.45) is 1.57. The molecule has 0 aromatic heterocycles. The first kappa shape index (κ1) is 29.6. The third-order valence-electron chi connectivity index (χ3n) is 5.58. The molecular formula is C27H38ClN3O4S. The molecule has 0 aliphatic carbocycles. The Kier molecular flexibility index (Phi) is 9.97. The standard InChI is InChI=1S/C27H38ClN3O4S/c1-19-15-20(2)17-24(16-19)31(36(7,34)35)14-8-9-25(32)30(18-22-10-12-23(28)13-11-22)21(3)26(33)29-27(4,5)6/h10-13,15-17,21H,8-9,14,18H2,1-7H3,(H,29,33)/t21-/m1/s1. The number of amides is 2. The molecule has 7 nitrogen and oxygen atoms in total. The van der Waals surface area contributed by atoms with Gasteiger partial charge in [-0.2, -0.15) is 0 Å². The van der Waals surface area contributed by atoms with Crippen molar-refractivity contribution in [3.63, 3.8) is 0 Å². The van der Waals surface area contributed by atoms with Crippen LogP contribution >= 0.6 is 11.6 Å². The molecule has 2 aromatic rings. The van der Waals surface area contributed by atoms with Crippen LogP contribution in [-0.4, -0.2) is 49.5 Å². The minimum Gasteiger partial charge on any atom is -0.350 e. The van der Waals surface area contributed by atoms with E-state index in [-0.39, 0.29) is 31.3 Å². The maximum Gasteiger partial charge on any atom is 0.242 e. The van der Waals surface area contributed by atoms with Crippen LogP contribution in [-0.2, 0) is 26.2 Å². The third kappa shape index (κ3) is 9.13. The summed E-state index contributed by atoms with van der Waals surface area (Å²) >= 11 is 6.00. The molecule has 198 valence electrons. The summed E-state index contributed by atoms with van der Waals surface area (Å²) in [7, 11) is -3.54. The number of aryl methyl sites for hydroxylation is 2. The molecule has 0 bridgehead atoms. The highest BCUT2D eigenvalue weighted by Crippen LogP contribution is 2.22. The zero-order valence-electron chi connectivity index (χ0n) is 22.3. The number of anilines is 1. The second kappa shape index (κ2) is 12.1. The van der Waals surface area contributed by atoms with Gasteiger partial charge >= 0.3 is 0 Å². The van der Waals surface area contributed by atoms with Crippen molar-refractivity contribution >= 4 is 39.1 Å². The van der Waals surface area contributed by atoms with E-state index >= 15 is 0 Å². The number of hydrogen-bond acceptors (Lipinski definition) is 4. The topological polar surface area (TPSA) is 86.8 Å². The summed E-state index contributed by atoms with van der Waals surface area (Å²) in [5, 5.41) is 3.52. The fraction of sp³-hybridized carbons (Fsp3) is 0.481. The maximum atomic E-state index is 13.4. The summed E-state index contributed by atoms with van der Waals surface area (Å²) in [5.74, 6) is -0.479. The fourth-order valence-electron chi connectivity index (χ4n) is 3.94. The van der Waals surface area contributed by atoms with Crippen molar-refractivity contribution in [3.8, 4) is 0 Å². The van der Waals surface area contributed by atoms with Gasteiger partial charge in [0.15, 0.2) is 0 Å². The van der Waals surface area contributed by atoms with Crippen LogP contribution < -0.4 is 9.62 Å². The molecule has 2 amide bonds. The van der Waals surface area contributed by atoms with E-state index < -0.39 is 21.6 Å². The highest BCUT2D eigenvalue weighted by atomic mass is 35.5. The average molecular weight is 536 g/mol. The number of hydrogen-bond donors (Lipinski definition) is 1. The predicted molar refractivity (Wildman–Crippen MR) is 147 cm³/mol. The Bertz CT molecular complexity index is 1150. The molecule has 0 fully saturated rings. The van der Waals surface area contributed by atoms with E-state index in [0.29, 0.717) is 17.1 Å². The number of halogens is 1. The molecule has 0 spiro atoms. The minimum absolute atomic E-state index is 0.0948. The van der Waals surface area contributed by atoms with E-state index in [1.807, 2.05) is 65.0 Å². The fourth-order valence-corrected chi connectivity index (χ4v) is 5.02. The Morgan fingerprint density at radius 3 is 2.08 bits per heavy atom. The highest BCUT2D eigenvalue weighted by molar-refractivity contribution is 7.92. The number of benzene rings is 2. The lowest BCUT2D eigenvalue weighted by atomic mass is 10.1. The van der Waals surface area contributed by atoms with Crippen molar-refractivity contribution in [3.05, 3.63) is 64.2 Å². The number of rotatable bonds is 10. The van der Waals surface area contributed by atoms with Gasteiger partial charge in [0, 0.05) is 30.1 Å². The van der Waals surface area contributed by atoms with Gasteiger partial charge in [-0.3, -0.25) is 13.9 Å². The number of carbonyl (C=O) groups is 2. The summed E-state index contributed by atoms with van der Waals surface area (Å²) in [4.78, 5) is 27.8. The van der Waals surface area contributed by atoms with Gasteiger partial charge in [0.05, 0.1) is 11.9 Å². The summed E-state index contributed by atoms with van der Waals surface area (Å²) in [6, 6.07) is 12.0. The first-order valence-corrected chi connectivity index (χ1v) is 14.2. The molecule has 0 unspecified atom stereocenters. The molecule has 0 radical (unpaired) electrons. The van der Waals surface area contributed by atoms with Gasteiger partial charge in [-0.25, -0.2) is 8.42 Å². The first-order valence-electron chi connectivity index (χ1n) is 12.0. The summed E-state index contributed by atoms with van der Waals surface area (Å²) in [6.45, 7) is 11.6. The van der Waals surface area contributed by atoms with Crippen LogP contribution in [0.4, 0.5) is 5.69 Å². The normalized spacial score (nSPS) is 12.7. The lowest BCUT2D eigenvalue weighted by molar-refractivity contribution is -0.141. The highest BCUT2D eigenvalue weighted by Gasteiger charge is 2.28. The van der Waals surface area contributed by atoms with Crippen LogP contribution in [0.3, 0.4) is 0 Å². The second-order valence-electron chi connectivity index (χ2n) is 10.3. The number of nitrogens with zero attached hydrogens (tertiary/aromatic N) is 2. The second-order valence-corrected chi connectivity index (χ2v) is 12.7. The molecule has 1 atom stereocenters. The molecular weight excluding hydrogens is 498 g/mol. The smallest absolute Gasteiger partial charge is 0.242 e. The van der Waals surface area contributed by atoms with Crippen molar-refractivity contribution in [1.29, 1.82) is 0 Å². The van der Waals surface area contributed by atoms with Crippen LogP contribution in [0.15, 0.2) is 42.5 Å². The lowest BCUT2D eigenvalue weighted by Crippen LogP contribution is -2.52. The van der Waals surface area contributed by atoms with Gasteiger partial charge in [0.1, 0.15) is 6.04 Å². The number of sulfonamides is 1. The number of nitrogens with one attached hydrogen (secondary N) is 1. The quantitative estimate of drug-likeness (QED) is 0.472. The first-order chi connectivity index (χ1) is 16.6. The zero-order chi connectivity index (χ0) is 27.3. The Hall–Kier alpha value is -2.58. The Morgan fingerprint density at radius 2 is 1.58 bits per heavy atom. The van der Waals surface area contributed by atoms with Gasteiger partial charge in [0.25, 0.3) is 0 Å². The predicted octanol–water partition coefficient (Wildman–Crippen LogP) is 4.84. The van der Waals surface area contributed by atoms with Crippen LogP contribution in [0, 0.1) is 13.8 Å². The van der Waals surface area contributed by atoms with E-state index in [0.717, 1.165) is 22.9 Å². The van der Waals surface area contributed by atoms with Crippen molar-refractivity contribution in [2.75, 3.05) is 17.1 Å². The molecule has 2 rings (SSSR count). The zero-order valence-corrected chi connectivity index (χ0v) is 23.8. The van der Waals surface area contributed by atoms with Crippen LogP contribution in [0.2, 0.25) is 5.02 Å². The molecule has 0 aliphatic rings. The van der Waals surface area contributed by atoms with E-state index in [9.17, 15) is 18.0 Å². The van der Waals surface area contributed by atoms with Crippen LogP contribution in [0.1, 0.15) is 57.2 Å². The monoisotopic (exact) mass is 535 g/mol. The largest absolute Gasteiger partial charge is 0.350 e. The van der Waals surface area contributed by atoms with E-state index in [1.54, 1.807) is 19.1 Å². The lowest BCUT2D eigenvalue weighted by Gasteiger charge is -2.32.